The molecule has 2 heterocycles. The topological polar surface area (TPSA) is 52.8 Å². The van der Waals surface area contributed by atoms with Gasteiger partial charge in [0.1, 0.15) is 24.7 Å². The Morgan fingerprint density at radius 1 is 0.969 bits per heavy atom. The van der Waals surface area contributed by atoms with Gasteiger partial charge in [-0.3, -0.25) is 4.79 Å². The van der Waals surface area contributed by atoms with E-state index in [1.165, 1.54) is 16.9 Å². The van der Waals surface area contributed by atoms with Gasteiger partial charge in [-0.05, 0) is 61.4 Å². The quantitative estimate of drug-likeness (QED) is 0.363. The molecule has 0 radical (unpaired) electrons. The van der Waals surface area contributed by atoms with Gasteiger partial charge in [-0.25, -0.2) is 9.38 Å². The summed E-state index contributed by atoms with van der Waals surface area (Å²) in [6, 6.07) is 21.5. The van der Waals surface area contributed by atoms with Crippen molar-refractivity contribution < 1.29 is 9.47 Å². The van der Waals surface area contributed by atoms with Crippen LogP contribution in [0.1, 0.15) is 16.7 Å². The molecular formula is C26H22N2O3S. The molecule has 0 aliphatic rings. The molecule has 0 aliphatic carbocycles. The SMILES string of the molecule is Cc1ccc(OCCOc2ccc(C=c3sc4nc5ccccc5n4c3=O)cc2)c(C)c1. The van der Waals surface area contributed by atoms with E-state index in [4.69, 9.17) is 9.47 Å². The second-order valence-electron chi connectivity index (χ2n) is 7.67. The fourth-order valence-electron chi connectivity index (χ4n) is 3.70. The number of thiazole rings is 1. The van der Waals surface area contributed by atoms with Crippen LogP contribution in [0.4, 0.5) is 0 Å². The number of nitrogens with zero attached hydrogens (tertiary/aromatic N) is 2. The van der Waals surface area contributed by atoms with E-state index < -0.39 is 0 Å². The second-order valence-corrected chi connectivity index (χ2v) is 8.68. The Morgan fingerprint density at radius 3 is 2.56 bits per heavy atom. The molecule has 0 spiro atoms. The summed E-state index contributed by atoms with van der Waals surface area (Å²) in [5.74, 6) is 1.65. The van der Waals surface area contributed by atoms with Gasteiger partial charge in [-0.2, -0.15) is 0 Å². The molecule has 6 heteroatoms. The zero-order valence-electron chi connectivity index (χ0n) is 17.9. The fourth-order valence-corrected chi connectivity index (χ4v) is 4.68. The van der Waals surface area contributed by atoms with Crippen molar-refractivity contribution >= 4 is 33.4 Å². The molecule has 5 aromatic rings. The number of para-hydroxylation sites is 2. The van der Waals surface area contributed by atoms with Gasteiger partial charge in [0, 0.05) is 0 Å². The van der Waals surface area contributed by atoms with Crippen LogP contribution in [0.3, 0.4) is 0 Å². The van der Waals surface area contributed by atoms with E-state index in [9.17, 15) is 4.79 Å². The van der Waals surface area contributed by atoms with Crippen LogP contribution < -0.4 is 19.6 Å². The zero-order valence-corrected chi connectivity index (χ0v) is 18.7. The number of hydrogen-bond acceptors (Lipinski definition) is 5. The molecule has 0 saturated heterocycles. The van der Waals surface area contributed by atoms with Gasteiger partial charge in [0.05, 0.1) is 15.6 Å². The highest BCUT2D eigenvalue weighted by Gasteiger charge is 2.10. The van der Waals surface area contributed by atoms with Crippen molar-refractivity contribution in [2.24, 2.45) is 0 Å². The van der Waals surface area contributed by atoms with Gasteiger partial charge >= 0.3 is 0 Å². The highest BCUT2D eigenvalue weighted by Crippen LogP contribution is 2.19. The first kappa shape index (κ1) is 20.3. The average Bonchev–Trinajstić information content (AvgIpc) is 3.30. The Morgan fingerprint density at radius 2 is 1.75 bits per heavy atom. The van der Waals surface area contributed by atoms with Crippen molar-refractivity contribution in [1.82, 2.24) is 9.38 Å². The summed E-state index contributed by atoms with van der Waals surface area (Å²) in [7, 11) is 0. The predicted octanol–water partition coefficient (Wildman–Crippen LogP) is 4.53. The smallest absolute Gasteiger partial charge is 0.274 e. The minimum absolute atomic E-state index is 0.0393. The van der Waals surface area contributed by atoms with Crippen LogP contribution in [0, 0.1) is 13.8 Å². The molecule has 0 amide bonds. The molecule has 0 atom stereocenters. The van der Waals surface area contributed by atoms with Crippen LogP contribution in [0.15, 0.2) is 71.5 Å². The van der Waals surface area contributed by atoms with Crippen LogP contribution in [0.5, 0.6) is 11.5 Å². The largest absolute Gasteiger partial charge is 0.490 e. The third kappa shape index (κ3) is 3.97. The maximum Gasteiger partial charge on any atom is 0.274 e. The summed E-state index contributed by atoms with van der Waals surface area (Å²) in [5.41, 5.74) is 4.92. The average molecular weight is 443 g/mol. The van der Waals surface area contributed by atoms with E-state index >= 15 is 0 Å². The van der Waals surface area contributed by atoms with Crippen LogP contribution in [-0.2, 0) is 0 Å². The van der Waals surface area contributed by atoms with Gasteiger partial charge in [0.15, 0.2) is 4.96 Å². The van der Waals surface area contributed by atoms with Crippen molar-refractivity contribution in [2.75, 3.05) is 13.2 Å². The molecular weight excluding hydrogens is 420 g/mol. The minimum atomic E-state index is -0.0393. The van der Waals surface area contributed by atoms with Crippen LogP contribution in [0.25, 0.3) is 22.1 Å². The molecule has 0 saturated carbocycles. The molecule has 32 heavy (non-hydrogen) atoms. The summed E-state index contributed by atoms with van der Waals surface area (Å²) in [4.78, 5) is 18.1. The molecule has 0 bridgehead atoms. The van der Waals surface area contributed by atoms with E-state index in [0.717, 1.165) is 33.7 Å². The second kappa shape index (κ2) is 8.48. The van der Waals surface area contributed by atoms with Crippen LogP contribution in [-0.4, -0.2) is 22.6 Å². The lowest BCUT2D eigenvalue weighted by molar-refractivity contribution is 0.216. The number of ether oxygens (including phenoxy) is 2. The number of aromatic nitrogens is 2. The summed E-state index contributed by atoms with van der Waals surface area (Å²) in [6.45, 7) is 5.03. The third-order valence-electron chi connectivity index (χ3n) is 5.26. The number of hydrogen-bond donors (Lipinski definition) is 0. The molecule has 0 fully saturated rings. The van der Waals surface area contributed by atoms with Crippen molar-refractivity contribution in [3.8, 4) is 11.5 Å². The van der Waals surface area contributed by atoms with Crippen LogP contribution in [0.2, 0.25) is 0 Å². The Labute approximate surface area is 189 Å². The van der Waals surface area contributed by atoms with E-state index in [0.29, 0.717) is 22.7 Å². The van der Waals surface area contributed by atoms with Gasteiger partial charge < -0.3 is 9.47 Å². The van der Waals surface area contributed by atoms with Crippen LogP contribution >= 0.6 is 11.3 Å². The Kier molecular flexibility index (Phi) is 5.37. The summed E-state index contributed by atoms with van der Waals surface area (Å²) < 4.78 is 13.9. The first-order chi connectivity index (χ1) is 15.6. The van der Waals surface area contributed by atoms with Gasteiger partial charge in [-0.15, -0.1) is 0 Å². The third-order valence-corrected chi connectivity index (χ3v) is 6.23. The first-order valence-electron chi connectivity index (χ1n) is 10.4. The van der Waals surface area contributed by atoms with Crippen molar-refractivity contribution in [3.05, 3.63) is 98.3 Å². The molecule has 0 unspecified atom stereocenters. The monoisotopic (exact) mass is 442 g/mol. The summed E-state index contributed by atoms with van der Waals surface area (Å²) in [5, 5.41) is 0. The van der Waals surface area contributed by atoms with E-state index in [2.05, 4.69) is 18.0 Å². The summed E-state index contributed by atoms with van der Waals surface area (Å²) >= 11 is 1.40. The molecule has 0 aliphatic heterocycles. The number of aryl methyl sites for hydroxylation is 2. The standard InChI is InChI=1S/C26H22N2O3S/c1-17-7-12-23(18(2)15-17)31-14-13-30-20-10-8-19(9-11-20)16-24-25(29)28-22-6-4-3-5-21(22)27-26(28)32-24/h3-12,15-16H,13-14H2,1-2H3. The Balaban J connectivity index is 1.26. The van der Waals surface area contributed by atoms with E-state index in [1.807, 2.05) is 73.7 Å². The van der Waals surface area contributed by atoms with Crippen molar-refractivity contribution in [3.63, 3.8) is 0 Å². The van der Waals surface area contributed by atoms with Crippen molar-refractivity contribution in [2.45, 2.75) is 13.8 Å². The highest BCUT2D eigenvalue weighted by molar-refractivity contribution is 7.15. The van der Waals surface area contributed by atoms with Gasteiger partial charge in [0.25, 0.3) is 5.56 Å². The Hall–Kier alpha value is -3.64. The molecule has 160 valence electrons. The van der Waals surface area contributed by atoms with Gasteiger partial charge in [-0.1, -0.05) is 53.3 Å². The van der Waals surface area contributed by atoms with Crippen molar-refractivity contribution in [1.29, 1.82) is 0 Å². The lowest BCUT2D eigenvalue weighted by Gasteiger charge is -2.11. The maximum atomic E-state index is 12.9. The normalized spacial score (nSPS) is 12.0. The predicted molar refractivity (Wildman–Crippen MR) is 129 cm³/mol. The molecule has 0 N–H and O–H groups in total. The lowest BCUT2D eigenvalue weighted by Crippen LogP contribution is -2.22. The molecule has 2 aromatic heterocycles. The first-order valence-corrected chi connectivity index (χ1v) is 11.2. The highest BCUT2D eigenvalue weighted by atomic mass is 32.1. The molecule has 3 aromatic carbocycles. The molecule has 5 nitrogen and oxygen atoms in total. The van der Waals surface area contributed by atoms with E-state index in [1.54, 1.807) is 4.40 Å². The number of imidazole rings is 1. The lowest BCUT2D eigenvalue weighted by atomic mass is 10.1. The maximum absolute atomic E-state index is 12.9. The fraction of sp³-hybridized carbons (Fsp3) is 0.154. The Bertz CT molecular complexity index is 1520. The minimum Gasteiger partial charge on any atom is -0.490 e. The zero-order chi connectivity index (χ0) is 22.1. The molecule has 5 rings (SSSR count). The number of rotatable bonds is 6. The number of benzene rings is 3. The van der Waals surface area contributed by atoms with E-state index in [-0.39, 0.29) is 5.56 Å². The number of fused-ring (bicyclic) bond motifs is 3. The van der Waals surface area contributed by atoms with Gasteiger partial charge in [0.2, 0.25) is 0 Å². The summed E-state index contributed by atoms with van der Waals surface area (Å²) in [6.07, 6.45) is 1.89.